The second kappa shape index (κ2) is 9.82. The molecule has 0 radical (unpaired) electrons. The number of hydrogen-bond donors (Lipinski definition) is 2. The van der Waals surface area contributed by atoms with Gasteiger partial charge in [-0.3, -0.25) is 9.59 Å². The number of amides is 1. The summed E-state index contributed by atoms with van der Waals surface area (Å²) in [5, 5.41) is 11.0. The Morgan fingerprint density at radius 3 is 2.48 bits per heavy atom. The van der Waals surface area contributed by atoms with Gasteiger partial charge in [-0.25, -0.2) is 8.42 Å². The number of rotatable bonds is 10. The highest BCUT2D eigenvalue weighted by Crippen LogP contribution is 2.30. The molecule has 0 spiro atoms. The Morgan fingerprint density at radius 2 is 1.88 bits per heavy atom. The van der Waals surface area contributed by atoms with Crippen LogP contribution < -0.4 is 5.32 Å². The van der Waals surface area contributed by atoms with Crippen LogP contribution in [0.1, 0.15) is 33.6 Å². The average Bonchev–Trinajstić information content (AvgIpc) is 2.52. The van der Waals surface area contributed by atoms with Gasteiger partial charge in [-0.1, -0.05) is 26.0 Å². The molecule has 0 heterocycles. The van der Waals surface area contributed by atoms with Crippen molar-refractivity contribution >= 4 is 33.5 Å². The van der Waals surface area contributed by atoms with Crippen molar-refractivity contribution in [3.05, 3.63) is 24.3 Å². The SMILES string of the molecule is CCCS(=O)(=O)c1ccccc1SC(C)C(=O)NCC(C)CC(=O)O. The standard InChI is InChI=1S/C17H25NO5S2/c1-4-9-25(22,23)15-8-6-5-7-14(15)24-13(3)17(21)18-11-12(2)10-16(19)20/h5-8,12-13H,4,9-11H2,1-3H3,(H,18,21)(H,19,20). The van der Waals surface area contributed by atoms with Crippen LogP contribution in [0, 0.1) is 5.92 Å². The van der Waals surface area contributed by atoms with Crippen LogP contribution >= 0.6 is 11.8 Å². The van der Waals surface area contributed by atoms with Gasteiger partial charge in [0.15, 0.2) is 9.84 Å². The van der Waals surface area contributed by atoms with E-state index in [1.165, 1.54) is 11.8 Å². The lowest BCUT2D eigenvalue weighted by Gasteiger charge is -2.16. The highest BCUT2D eigenvalue weighted by molar-refractivity contribution is 8.01. The van der Waals surface area contributed by atoms with Crippen molar-refractivity contribution in [2.45, 2.75) is 48.7 Å². The smallest absolute Gasteiger partial charge is 0.303 e. The lowest BCUT2D eigenvalue weighted by molar-refractivity contribution is -0.138. The summed E-state index contributed by atoms with van der Waals surface area (Å²) in [7, 11) is -3.37. The van der Waals surface area contributed by atoms with E-state index in [1.807, 2.05) is 6.92 Å². The molecule has 25 heavy (non-hydrogen) atoms. The maximum atomic E-state index is 12.4. The second-order valence-electron chi connectivity index (χ2n) is 5.97. The van der Waals surface area contributed by atoms with Crippen LogP contribution in [0.5, 0.6) is 0 Å². The molecule has 0 aliphatic carbocycles. The molecule has 8 heteroatoms. The summed E-state index contributed by atoms with van der Waals surface area (Å²) < 4.78 is 24.7. The molecule has 0 aliphatic heterocycles. The van der Waals surface area contributed by atoms with Crippen LogP contribution in [0.2, 0.25) is 0 Å². The zero-order chi connectivity index (χ0) is 19.0. The molecule has 140 valence electrons. The quantitative estimate of drug-likeness (QED) is 0.599. The van der Waals surface area contributed by atoms with E-state index in [0.29, 0.717) is 11.3 Å². The first-order chi connectivity index (χ1) is 11.7. The molecule has 0 aliphatic rings. The van der Waals surface area contributed by atoms with Crippen LogP contribution in [0.15, 0.2) is 34.1 Å². The van der Waals surface area contributed by atoms with Crippen molar-refractivity contribution in [1.82, 2.24) is 5.32 Å². The summed E-state index contributed by atoms with van der Waals surface area (Å²) in [4.78, 5) is 23.6. The fraction of sp³-hybridized carbons (Fsp3) is 0.529. The van der Waals surface area contributed by atoms with Crippen molar-refractivity contribution in [3.8, 4) is 0 Å². The third-order valence-electron chi connectivity index (χ3n) is 3.48. The minimum atomic E-state index is -3.37. The molecule has 1 aromatic carbocycles. The maximum absolute atomic E-state index is 12.4. The first kappa shape index (κ1) is 21.5. The van der Waals surface area contributed by atoms with Crippen molar-refractivity contribution in [3.63, 3.8) is 0 Å². The van der Waals surface area contributed by atoms with Gasteiger partial charge in [0, 0.05) is 17.9 Å². The fourth-order valence-electron chi connectivity index (χ4n) is 2.22. The molecule has 2 unspecified atom stereocenters. The van der Waals surface area contributed by atoms with E-state index in [4.69, 9.17) is 5.11 Å². The van der Waals surface area contributed by atoms with E-state index < -0.39 is 21.1 Å². The normalized spacial score (nSPS) is 13.9. The second-order valence-corrected chi connectivity index (χ2v) is 9.43. The maximum Gasteiger partial charge on any atom is 0.303 e. The summed E-state index contributed by atoms with van der Waals surface area (Å²) in [6.45, 7) is 5.53. The van der Waals surface area contributed by atoms with Gasteiger partial charge in [0.05, 0.1) is 15.9 Å². The van der Waals surface area contributed by atoms with Crippen LogP contribution in [-0.2, 0) is 19.4 Å². The van der Waals surface area contributed by atoms with Gasteiger partial charge in [-0.15, -0.1) is 11.8 Å². The van der Waals surface area contributed by atoms with Crippen LogP contribution in [-0.4, -0.2) is 42.9 Å². The molecular formula is C17H25NO5S2. The first-order valence-electron chi connectivity index (χ1n) is 8.15. The number of carboxylic acid groups (broad SMARTS) is 1. The summed E-state index contributed by atoms with van der Waals surface area (Å²) in [5.74, 6) is -1.25. The molecule has 0 saturated heterocycles. The number of carbonyl (C=O) groups excluding carboxylic acids is 1. The molecule has 0 aromatic heterocycles. The van der Waals surface area contributed by atoms with Gasteiger partial charge >= 0.3 is 5.97 Å². The van der Waals surface area contributed by atoms with Gasteiger partial charge in [0.1, 0.15) is 0 Å². The molecule has 1 amide bonds. The van der Waals surface area contributed by atoms with Gasteiger partial charge in [-0.05, 0) is 31.4 Å². The Morgan fingerprint density at radius 1 is 1.24 bits per heavy atom. The number of nitrogens with one attached hydrogen (secondary N) is 1. The minimum absolute atomic E-state index is 0.0140. The molecule has 0 fully saturated rings. The van der Waals surface area contributed by atoms with Crippen LogP contribution in [0.25, 0.3) is 0 Å². The number of carboxylic acids is 1. The number of thioether (sulfide) groups is 1. The number of hydrogen-bond acceptors (Lipinski definition) is 5. The van der Waals surface area contributed by atoms with Crippen molar-refractivity contribution in [2.75, 3.05) is 12.3 Å². The van der Waals surface area contributed by atoms with Gasteiger partial charge < -0.3 is 10.4 Å². The third kappa shape index (κ3) is 7.07. The average molecular weight is 388 g/mol. The molecule has 6 nitrogen and oxygen atoms in total. The highest BCUT2D eigenvalue weighted by Gasteiger charge is 2.22. The predicted molar refractivity (Wildman–Crippen MR) is 98.5 cm³/mol. The lowest BCUT2D eigenvalue weighted by atomic mass is 10.1. The minimum Gasteiger partial charge on any atom is -0.481 e. The topological polar surface area (TPSA) is 101 Å². The number of sulfone groups is 1. The number of benzene rings is 1. The van der Waals surface area contributed by atoms with Crippen molar-refractivity contribution < 1.29 is 23.1 Å². The lowest BCUT2D eigenvalue weighted by Crippen LogP contribution is -2.34. The molecule has 1 rings (SSSR count). The Bertz CT molecular complexity index is 703. The van der Waals surface area contributed by atoms with Crippen molar-refractivity contribution in [1.29, 1.82) is 0 Å². The molecule has 0 saturated carbocycles. The van der Waals surface area contributed by atoms with E-state index in [2.05, 4.69) is 5.32 Å². The molecule has 0 bridgehead atoms. The van der Waals surface area contributed by atoms with Crippen LogP contribution in [0.3, 0.4) is 0 Å². The van der Waals surface area contributed by atoms with Gasteiger partial charge in [-0.2, -0.15) is 0 Å². The zero-order valence-corrected chi connectivity index (χ0v) is 16.3. The van der Waals surface area contributed by atoms with E-state index in [9.17, 15) is 18.0 Å². The summed E-state index contributed by atoms with van der Waals surface area (Å²) in [5.41, 5.74) is 0. The number of aliphatic carboxylic acids is 1. The Kier molecular flexibility index (Phi) is 8.44. The summed E-state index contributed by atoms with van der Waals surface area (Å²) >= 11 is 1.19. The monoisotopic (exact) mass is 387 g/mol. The Hall–Kier alpha value is -1.54. The van der Waals surface area contributed by atoms with E-state index in [0.717, 1.165) is 0 Å². The molecule has 2 N–H and O–H groups in total. The third-order valence-corrected chi connectivity index (χ3v) is 6.76. The van der Waals surface area contributed by atoms with Crippen LogP contribution in [0.4, 0.5) is 0 Å². The largest absolute Gasteiger partial charge is 0.481 e. The van der Waals surface area contributed by atoms with E-state index >= 15 is 0 Å². The Labute approximate surface area is 153 Å². The molecule has 2 atom stereocenters. The van der Waals surface area contributed by atoms with E-state index in [-0.39, 0.29) is 35.4 Å². The first-order valence-corrected chi connectivity index (χ1v) is 10.7. The zero-order valence-electron chi connectivity index (χ0n) is 14.7. The number of carbonyl (C=O) groups is 2. The fourth-order valence-corrected chi connectivity index (χ4v) is 5.07. The molecular weight excluding hydrogens is 362 g/mol. The van der Waals surface area contributed by atoms with Gasteiger partial charge in [0.25, 0.3) is 0 Å². The molecule has 1 aromatic rings. The van der Waals surface area contributed by atoms with Gasteiger partial charge in [0.2, 0.25) is 5.91 Å². The summed E-state index contributed by atoms with van der Waals surface area (Å²) in [6, 6.07) is 6.68. The van der Waals surface area contributed by atoms with E-state index in [1.54, 1.807) is 38.1 Å². The van der Waals surface area contributed by atoms with Crippen molar-refractivity contribution in [2.24, 2.45) is 5.92 Å². The Balaban J connectivity index is 2.76. The summed E-state index contributed by atoms with van der Waals surface area (Å²) in [6.07, 6.45) is 0.513. The predicted octanol–water partition coefficient (Wildman–Crippen LogP) is 2.58. The highest BCUT2D eigenvalue weighted by atomic mass is 32.2.